The summed E-state index contributed by atoms with van der Waals surface area (Å²) >= 11 is 0. The first-order valence-corrected chi connectivity index (χ1v) is 8.92. The third-order valence-corrected chi connectivity index (χ3v) is 5.01. The molecule has 3 nitrogen and oxygen atoms in total. The highest BCUT2D eigenvalue weighted by molar-refractivity contribution is 7.86. The van der Waals surface area contributed by atoms with Gasteiger partial charge in [-0.2, -0.15) is 8.42 Å². The second kappa shape index (κ2) is 7.56. The summed E-state index contributed by atoms with van der Waals surface area (Å²) < 4.78 is 29.6. The van der Waals surface area contributed by atoms with Crippen molar-refractivity contribution in [2.45, 2.75) is 31.6 Å². The van der Waals surface area contributed by atoms with Crippen molar-refractivity contribution < 1.29 is 12.6 Å². The highest BCUT2D eigenvalue weighted by Crippen LogP contribution is 2.17. The van der Waals surface area contributed by atoms with Gasteiger partial charge in [-0.1, -0.05) is 61.4 Å². The Labute approximate surface area is 133 Å². The largest absolute Gasteiger partial charge is 0.296 e. The molecular weight excluding hydrogens is 296 g/mol. The van der Waals surface area contributed by atoms with E-state index in [0.29, 0.717) is 0 Å². The summed E-state index contributed by atoms with van der Waals surface area (Å²) in [5, 5.41) is 0. The van der Waals surface area contributed by atoms with Crippen LogP contribution in [0, 0.1) is 12.8 Å². The van der Waals surface area contributed by atoms with E-state index in [1.165, 1.54) is 5.56 Å². The molecule has 0 N–H and O–H groups in total. The quantitative estimate of drug-likeness (QED) is 0.726. The maximum atomic E-state index is 12.2. The van der Waals surface area contributed by atoms with Gasteiger partial charge < -0.3 is 0 Å². The SMILES string of the molecule is CCC(COS(=O)(=O)c1ccc(C)cc1)Cc1ccccc1. The van der Waals surface area contributed by atoms with E-state index < -0.39 is 10.1 Å². The smallest absolute Gasteiger partial charge is 0.266 e. The van der Waals surface area contributed by atoms with Gasteiger partial charge in [-0.15, -0.1) is 0 Å². The van der Waals surface area contributed by atoms with Crippen LogP contribution in [0.25, 0.3) is 0 Å². The van der Waals surface area contributed by atoms with Crippen LogP contribution in [0.3, 0.4) is 0 Å². The summed E-state index contributed by atoms with van der Waals surface area (Å²) in [6, 6.07) is 16.8. The molecule has 0 aliphatic rings. The Morgan fingerprint density at radius 1 is 1.00 bits per heavy atom. The van der Waals surface area contributed by atoms with Gasteiger partial charge in [0.1, 0.15) is 0 Å². The molecule has 118 valence electrons. The van der Waals surface area contributed by atoms with E-state index >= 15 is 0 Å². The topological polar surface area (TPSA) is 43.4 Å². The van der Waals surface area contributed by atoms with Crippen LogP contribution in [-0.2, 0) is 20.7 Å². The molecule has 1 atom stereocenters. The molecule has 0 saturated heterocycles. The van der Waals surface area contributed by atoms with Gasteiger partial charge >= 0.3 is 0 Å². The molecular formula is C18H22O3S. The maximum absolute atomic E-state index is 12.2. The highest BCUT2D eigenvalue weighted by Gasteiger charge is 2.18. The Hall–Kier alpha value is -1.65. The maximum Gasteiger partial charge on any atom is 0.296 e. The average molecular weight is 318 g/mol. The minimum Gasteiger partial charge on any atom is -0.266 e. The second-order valence-electron chi connectivity index (χ2n) is 5.52. The molecule has 0 aromatic heterocycles. The Morgan fingerprint density at radius 2 is 1.64 bits per heavy atom. The summed E-state index contributed by atoms with van der Waals surface area (Å²) in [6.07, 6.45) is 1.69. The number of hydrogen-bond acceptors (Lipinski definition) is 3. The van der Waals surface area contributed by atoms with Crippen LogP contribution in [0.4, 0.5) is 0 Å². The first-order valence-electron chi connectivity index (χ1n) is 7.51. The molecule has 0 bridgehead atoms. The van der Waals surface area contributed by atoms with E-state index in [2.05, 4.69) is 19.1 Å². The van der Waals surface area contributed by atoms with Crippen molar-refractivity contribution in [3.8, 4) is 0 Å². The van der Waals surface area contributed by atoms with Crippen LogP contribution < -0.4 is 0 Å². The highest BCUT2D eigenvalue weighted by atomic mass is 32.2. The van der Waals surface area contributed by atoms with E-state index in [-0.39, 0.29) is 17.4 Å². The molecule has 0 aliphatic carbocycles. The molecule has 22 heavy (non-hydrogen) atoms. The van der Waals surface area contributed by atoms with Gasteiger partial charge in [0.2, 0.25) is 0 Å². The minimum atomic E-state index is -3.67. The van der Waals surface area contributed by atoms with Crippen molar-refractivity contribution in [3.05, 3.63) is 65.7 Å². The van der Waals surface area contributed by atoms with Gasteiger partial charge in [0.25, 0.3) is 10.1 Å². The molecule has 1 unspecified atom stereocenters. The predicted octanol–water partition coefficient (Wildman–Crippen LogP) is 3.97. The van der Waals surface area contributed by atoms with Crippen molar-refractivity contribution >= 4 is 10.1 Å². The fourth-order valence-corrected chi connectivity index (χ4v) is 3.20. The van der Waals surface area contributed by atoms with Crippen molar-refractivity contribution in [1.82, 2.24) is 0 Å². The molecule has 0 radical (unpaired) electrons. The molecule has 2 aromatic carbocycles. The molecule has 0 heterocycles. The van der Waals surface area contributed by atoms with Crippen LogP contribution >= 0.6 is 0 Å². The standard InChI is InChI=1S/C18H22O3S/c1-3-16(13-17-7-5-4-6-8-17)14-21-22(19,20)18-11-9-15(2)10-12-18/h4-12,16H,3,13-14H2,1-2H3. The Kier molecular flexibility index (Phi) is 5.75. The lowest BCUT2D eigenvalue weighted by Gasteiger charge is -2.15. The van der Waals surface area contributed by atoms with Gasteiger partial charge in [0.05, 0.1) is 11.5 Å². The fraction of sp³-hybridized carbons (Fsp3) is 0.333. The second-order valence-corrected chi connectivity index (χ2v) is 7.13. The number of hydrogen-bond donors (Lipinski definition) is 0. The molecule has 0 saturated carbocycles. The Balaban J connectivity index is 1.99. The van der Waals surface area contributed by atoms with Crippen LogP contribution in [-0.4, -0.2) is 15.0 Å². The van der Waals surface area contributed by atoms with Crippen molar-refractivity contribution in [2.24, 2.45) is 5.92 Å². The monoisotopic (exact) mass is 318 g/mol. The summed E-state index contributed by atoms with van der Waals surface area (Å²) in [6.45, 7) is 4.18. The average Bonchev–Trinajstić information content (AvgIpc) is 2.53. The first-order chi connectivity index (χ1) is 10.5. The van der Waals surface area contributed by atoms with Crippen molar-refractivity contribution in [1.29, 1.82) is 0 Å². The summed E-state index contributed by atoms with van der Waals surface area (Å²) in [4.78, 5) is 0.215. The van der Waals surface area contributed by atoms with Crippen LogP contribution in [0.5, 0.6) is 0 Å². The molecule has 4 heteroatoms. The van der Waals surface area contributed by atoms with Gasteiger partial charge in [0, 0.05) is 0 Å². The third kappa shape index (κ3) is 4.68. The normalized spacial score (nSPS) is 13.0. The third-order valence-electron chi connectivity index (χ3n) is 3.71. The molecule has 0 aliphatic heterocycles. The summed E-state index contributed by atoms with van der Waals surface area (Å²) in [7, 11) is -3.67. The molecule has 0 spiro atoms. The van der Waals surface area contributed by atoms with Crippen LogP contribution in [0.15, 0.2) is 59.5 Å². The lowest BCUT2D eigenvalue weighted by Crippen LogP contribution is -2.16. The zero-order valence-electron chi connectivity index (χ0n) is 13.0. The van der Waals surface area contributed by atoms with E-state index in [1.54, 1.807) is 24.3 Å². The number of benzene rings is 2. The first kappa shape index (κ1) is 16.7. The van der Waals surface area contributed by atoms with E-state index in [1.807, 2.05) is 25.1 Å². The number of rotatable bonds is 7. The van der Waals surface area contributed by atoms with Crippen LogP contribution in [0.1, 0.15) is 24.5 Å². The molecule has 0 amide bonds. The minimum absolute atomic E-state index is 0.183. The van der Waals surface area contributed by atoms with Gasteiger partial charge in [-0.05, 0) is 37.0 Å². The lowest BCUT2D eigenvalue weighted by atomic mass is 9.98. The van der Waals surface area contributed by atoms with Crippen LogP contribution in [0.2, 0.25) is 0 Å². The lowest BCUT2D eigenvalue weighted by molar-refractivity contribution is 0.249. The summed E-state index contributed by atoms with van der Waals surface area (Å²) in [5.74, 6) is 0.183. The molecule has 0 fully saturated rings. The molecule has 2 aromatic rings. The van der Waals surface area contributed by atoms with Gasteiger partial charge in [-0.3, -0.25) is 4.18 Å². The fourth-order valence-electron chi connectivity index (χ4n) is 2.23. The van der Waals surface area contributed by atoms with Gasteiger partial charge in [-0.25, -0.2) is 0 Å². The zero-order chi connectivity index (χ0) is 16.0. The van der Waals surface area contributed by atoms with Crippen molar-refractivity contribution in [3.63, 3.8) is 0 Å². The van der Waals surface area contributed by atoms with E-state index in [4.69, 9.17) is 4.18 Å². The van der Waals surface area contributed by atoms with Crippen molar-refractivity contribution in [2.75, 3.05) is 6.61 Å². The van der Waals surface area contributed by atoms with E-state index in [9.17, 15) is 8.42 Å². The zero-order valence-corrected chi connectivity index (χ0v) is 13.8. The van der Waals surface area contributed by atoms with Gasteiger partial charge in [0.15, 0.2) is 0 Å². The Morgan fingerprint density at radius 3 is 2.23 bits per heavy atom. The molecule has 2 rings (SSSR count). The predicted molar refractivity (Wildman–Crippen MR) is 88.2 cm³/mol. The van der Waals surface area contributed by atoms with E-state index in [0.717, 1.165) is 18.4 Å². The summed E-state index contributed by atoms with van der Waals surface area (Å²) in [5.41, 5.74) is 2.22. The number of aryl methyl sites for hydroxylation is 1. The Bertz CT molecular complexity index is 676.